The highest BCUT2D eigenvalue weighted by molar-refractivity contribution is 6.31. The summed E-state index contributed by atoms with van der Waals surface area (Å²) in [7, 11) is 0. The van der Waals surface area contributed by atoms with Gasteiger partial charge in [0.15, 0.2) is 11.6 Å². The van der Waals surface area contributed by atoms with Gasteiger partial charge in [-0.2, -0.15) is 0 Å². The van der Waals surface area contributed by atoms with E-state index in [1.807, 2.05) is 0 Å². The van der Waals surface area contributed by atoms with Crippen LogP contribution in [0.5, 0.6) is 5.75 Å². The number of pyridine rings is 1. The molecule has 6 nitrogen and oxygen atoms in total. The zero-order chi connectivity index (χ0) is 16.6. The van der Waals surface area contributed by atoms with Gasteiger partial charge in [0.25, 0.3) is 17.4 Å². The molecular weight excluding hydrogens is 325 g/mol. The van der Waals surface area contributed by atoms with Gasteiger partial charge in [-0.15, -0.1) is 0 Å². The molecule has 2 amide bonds. The summed E-state index contributed by atoms with van der Waals surface area (Å²) in [4.78, 5) is 28.6. The number of carbonyl (C=O) groups is 2. The molecule has 1 aliphatic rings. The number of fused-ring (bicyclic) bond motifs is 1. The van der Waals surface area contributed by atoms with Crippen molar-refractivity contribution in [3.63, 3.8) is 0 Å². The summed E-state index contributed by atoms with van der Waals surface area (Å²) in [6.45, 7) is 1.33. The van der Waals surface area contributed by atoms with Crippen LogP contribution >= 0.6 is 11.6 Å². The lowest BCUT2D eigenvalue weighted by Crippen LogP contribution is -2.56. The Morgan fingerprint density at radius 1 is 1.43 bits per heavy atom. The standard InChI is InChI=1S/C15H11ClFN3O3/c1-15(13(21)19-8-4-5-10(17)9(16)7-8)14(22)20-12-11(23-15)3-2-6-18-12/h2-7H,1H3,(H,19,21)(H,18,20,22)/t15-/m1/s1. The van der Waals surface area contributed by atoms with Crippen LogP contribution in [0.4, 0.5) is 15.9 Å². The van der Waals surface area contributed by atoms with Crippen LogP contribution in [0, 0.1) is 5.82 Å². The van der Waals surface area contributed by atoms with Crippen LogP contribution in [-0.4, -0.2) is 22.4 Å². The molecule has 0 saturated heterocycles. The van der Waals surface area contributed by atoms with Crippen molar-refractivity contribution in [2.75, 3.05) is 10.6 Å². The van der Waals surface area contributed by atoms with E-state index in [1.165, 1.54) is 25.3 Å². The Hall–Kier alpha value is -2.67. The number of hydrogen-bond donors (Lipinski definition) is 2. The highest BCUT2D eigenvalue weighted by Crippen LogP contribution is 2.32. The van der Waals surface area contributed by atoms with Crippen molar-refractivity contribution in [2.24, 2.45) is 0 Å². The summed E-state index contributed by atoms with van der Waals surface area (Å²) >= 11 is 5.67. The average molecular weight is 336 g/mol. The van der Waals surface area contributed by atoms with Crippen LogP contribution in [0.15, 0.2) is 36.5 Å². The fraction of sp³-hybridized carbons (Fsp3) is 0.133. The molecule has 3 rings (SSSR count). The van der Waals surface area contributed by atoms with Crippen molar-refractivity contribution >= 4 is 34.9 Å². The van der Waals surface area contributed by atoms with E-state index < -0.39 is 23.2 Å². The Balaban J connectivity index is 1.86. The fourth-order valence-corrected chi connectivity index (χ4v) is 2.21. The molecule has 118 valence electrons. The number of aromatic nitrogens is 1. The number of carbonyl (C=O) groups excluding carboxylic acids is 2. The number of anilines is 2. The van der Waals surface area contributed by atoms with E-state index in [1.54, 1.807) is 12.1 Å². The molecule has 0 fully saturated rings. The summed E-state index contributed by atoms with van der Waals surface area (Å²) in [6.07, 6.45) is 1.49. The Kier molecular flexibility index (Phi) is 3.65. The molecular formula is C15H11ClFN3O3. The molecule has 1 aromatic heterocycles. The summed E-state index contributed by atoms with van der Waals surface area (Å²) in [5.74, 6) is -1.46. The Morgan fingerprint density at radius 3 is 2.96 bits per heavy atom. The predicted molar refractivity (Wildman–Crippen MR) is 81.9 cm³/mol. The lowest BCUT2D eigenvalue weighted by molar-refractivity contribution is -0.143. The van der Waals surface area contributed by atoms with Crippen molar-refractivity contribution in [2.45, 2.75) is 12.5 Å². The van der Waals surface area contributed by atoms with Crippen LogP contribution in [0.3, 0.4) is 0 Å². The predicted octanol–water partition coefficient (Wildman–Crippen LogP) is 2.60. The zero-order valence-corrected chi connectivity index (χ0v) is 12.6. The van der Waals surface area contributed by atoms with Crippen molar-refractivity contribution in [3.05, 3.63) is 47.4 Å². The van der Waals surface area contributed by atoms with Crippen molar-refractivity contribution < 1.29 is 18.7 Å². The van der Waals surface area contributed by atoms with Crippen LogP contribution < -0.4 is 15.4 Å². The molecule has 1 atom stereocenters. The minimum Gasteiger partial charge on any atom is -0.464 e. The molecule has 0 spiro atoms. The van der Waals surface area contributed by atoms with E-state index in [0.29, 0.717) is 0 Å². The Bertz CT molecular complexity index is 814. The van der Waals surface area contributed by atoms with Gasteiger partial charge < -0.3 is 15.4 Å². The van der Waals surface area contributed by atoms with Crippen LogP contribution in [0.1, 0.15) is 6.92 Å². The van der Waals surface area contributed by atoms with E-state index in [-0.39, 0.29) is 22.3 Å². The molecule has 2 heterocycles. The highest BCUT2D eigenvalue weighted by atomic mass is 35.5. The minimum atomic E-state index is -1.79. The van der Waals surface area contributed by atoms with Gasteiger partial charge in [0.05, 0.1) is 5.02 Å². The van der Waals surface area contributed by atoms with Gasteiger partial charge in [0, 0.05) is 11.9 Å². The number of hydrogen-bond acceptors (Lipinski definition) is 4. The first-order valence-electron chi connectivity index (χ1n) is 6.62. The summed E-state index contributed by atoms with van der Waals surface area (Å²) in [6, 6.07) is 6.89. The van der Waals surface area contributed by atoms with Gasteiger partial charge in [0.1, 0.15) is 5.82 Å². The van der Waals surface area contributed by atoms with Gasteiger partial charge in [-0.3, -0.25) is 9.59 Å². The first kappa shape index (κ1) is 15.2. The number of ether oxygens (including phenoxy) is 1. The summed E-state index contributed by atoms with van der Waals surface area (Å²) < 4.78 is 18.7. The molecule has 1 aromatic carbocycles. The molecule has 23 heavy (non-hydrogen) atoms. The maximum absolute atomic E-state index is 13.2. The Morgan fingerprint density at radius 2 is 2.22 bits per heavy atom. The zero-order valence-electron chi connectivity index (χ0n) is 11.9. The molecule has 2 N–H and O–H groups in total. The number of amides is 2. The summed E-state index contributed by atoms with van der Waals surface area (Å²) in [5.41, 5.74) is -1.55. The first-order chi connectivity index (χ1) is 10.9. The normalized spacial score (nSPS) is 19.3. The number of benzene rings is 1. The van der Waals surface area contributed by atoms with Gasteiger partial charge in [-0.05, 0) is 37.3 Å². The third-order valence-corrected chi connectivity index (χ3v) is 3.65. The van der Waals surface area contributed by atoms with Crippen molar-refractivity contribution in [3.8, 4) is 5.75 Å². The molecule has 0 radical (unpaired) electrons. The quantitative estimate of drug-likeness (QED) is 0.827. The number of rotatable bonds is 2. The van der Waals surface area contributed by atoms with Gasteiger partial charge >= 0.3 is 0 Å². The largest absolute Gasteiger partial charge is 0.464 e. The van der Waals surface area contributed by atoms with E-state index in [9.17, 15) is 14.0 Å². The number of nitrogens with zero attached hydrogens (tertiary/aromatic N) is 1. The third kappa shape index (κ3) is 2.70. The Labute approximate surface area is 135 Å². The molecule has 2 aromatic rings. The number of nitrogens with one attached hydrogen (secondary N) is 2. The van der Waals surface area contributed by atoms with E-state index in [2.05, 4.69) is 15.6 Å². The molecule has 0 saturated carbocycles. The molecule has 8 heteroatoms. The molecule has 0 bridgehead atoms. The first-order valence-corrected chi connectivity index (χ1v) is 7.00. The second kappa shape index (κ2) is 5.51. The fourth-order valence-electron chi connectivity index (χ4n) is 2.03. The average Bonchev–Trinajstić information content (AvgIpc) is 2.52. The maximum atomic E-state index is 13.2. The van der Waals surface area contributed by atoms with E-state index in [0.717, 1.165) is 6.07 Å². The lowest BCUT2D eigenvalue weighted by Gasteiger charge is -2.32. The topological polar surface area (TPSA) is 80.3 Å². The second-order valence-electron chi connectivity index (χ2n) is 5.02. The SMILES string of the molecule is C[C@]1(C(=O)Nc2ccc(F)c(Cl)c2)Oc2cccnc2NC1=O. The van der Waals surface area contributed by atoms with E-state index in [4.69, 9.17) is 16.3 Å². The molecule has 1 aliphatic heterocycles. The monoisotopic (exact) mass is 335 g/mol. The van der Waals surface area contributed by atoms with Gasteiger partial charge in [0.2, 0.25) is 0 Å². The van der Waals surface area contributed by atoms with Crippen LogP contribution in [0.25, 0.3) is 0 Å². The van der Waals surface area contributed by atoms with E-state index >= 15 is 0 Å². The summed E-state index contributed by atoms with van der Waals surface area (Å²) in [5, 5.41) is 4.86. The maximum Gasteiger partial charge on any atom is 0.279 e. The smallest absolute Gasteiger partial charge is 0.279 e. The molecule has 0 unspecified atom stereocenters. The highest BCUT2D eigenvalue weighted by Gasteiger charge is 2.47. The van der Waals surface area contributed by atoms with Gasteiger partial charge in [-0.25, -0.2) is 9.37 Å². The lowest BCUT2D eigenvalue weighted by atomic mass is 10.0. The number of halogens is 2. The minimum absolute atomic E-state index is 0.142. The van der Waals surface area contributed by atoms with Crippen molar-refractivity contribution in [1.82, 2.24) is 4.98 Å². The van der Waals surface area contributed by atoms with Crippen molar-refractivity contribution in [1.29, 1.82) is 0 Å². The second-order valence-corrected chi connectivity index (χ2v) is 5.43. The van der Waals surface area contributed by atoms with Crippen LogP contribution in [-0.2, 0) is 9.59 Å². The van der Waals surface area contributed by atoms with Gasteiger partial charge in [-0.1, -0.05) is 11.6 Å². The molecule has 0 aliphatic carbocycles. The van der Waals surface area contributed by atoms with Crippen LogP contribution in [0.2, 0.25) is 5.02 Å². The third-order valence-electron chi connectivity index (χ3n) is 3.36.